The predicted molar refractivity (Wildman–Crippen MR) is 94.9 cm³/mol. The molecule has 0 saturated heterocycles. The quantitative estimate of drug-likeness (QED) is 0.769. The van der Waals surface area contributed by atoms with Gasteiger partial charge in [0.1, 0.15) is 11.6 Å². The molecule has 0 radical (unpaired) electrons. The van der Waals surface area contributed by atoms with Crippen LogP contribution < -0.4 is 5.32 Å². The zero-order valence-corrected chi connectivity index (χ0v) is 14.7. The first-order valence-corrected chi connectivity index (χ1v) is 8.40. The molecule has 0 unspecified atom stereocenters. The zero-order chi connectivity index (χ0) is 18.4. The molecule has 0 fully saturated rings. The molecule has 1 atom stereocenters. The molecule has 132 valence electrons. The Morgan fingerprint density at radius 1 is 1.15 bits per heavy atom. The number of nitrogens with zero attached hydrogens (tertiary/aromatic N) is 4. The van der Waals surface area contributed by atoms with Crippen LogP contribution in [0.3, 0.4) is 0 Å². The number of amides is 1. The highest BCUT2D eigenvalue weighted by atomic mass is 19.1. The molecule has 1 aliphatic rings. The maximum absolute atomic E-state index is 13.7. The van der Waals surface area contributed by atoms with Gasteiger partial charge in [0, 0.05) is 29.3 Å². The van der Waals surface area contributed by atoms with E-state index in [4.69, 9.17) is 0 Å². The third kappa shape index (κ3) is 2.75. The maximum Gasteiger partial charge on any atom is 0.252 e. The molecule has 4 rings (SSSR count). The van der Waals surface area contributed by atoms with Crippen LogP contribution in [-0.2, 0) is 4.79 Å². The van der Waals surface area contributed by atoms with Crippen LogP contribution >= 0.6 is 0 Å². The van der Waals surface area contributed by atoms with E-state index in [9.17, 15) is 9.18 Å². The Bertz CT molecular complexity index is 1010. The minimum atomic E-state index is -0.322. The molecule has 1 N–H and O–H groups in total. The minimum absolute atomic E-state index is 0.141. The Labute approximate surface area is 150 Å². The van der Waals surface area contributed by atoms with Gasteiger partial charge in [-0.05, 0) is 44.5 Å². The van der Waals surface area contributed by atoms with E-state index < -0.39 is 0 Å². The molecule has 0 spiro atoms. The van der Waals surface area contributed by atoms with Gasteiger partial charge < -0.3 is 5.32 Å². The van der Waals surface area contributed by atoms with Crippen LogP contribution in [-0.4, -0.2) is 25.7 Å². The number of carbonyl (C=O) groups excluding carboxylic acids is 1. The number of nitrogens with one attached hydrogen (secondary N) is 1. The Morgan fingerprint density at radius 2 is 1.88 bits per heavy atom. The minimum Gasteiger partial charge on any atom is -0.310 e. The lowest BCUT2D eigenvalue weighted by Gasteiger charge is -2.24. The Kier molecular flexibility index (Phi) is 3.79. The van der Waals surface area contributed by atoms with Gasteiger partial charge in [-0.2, -0.15) is 9.78 Å². The summed E-state index contributed by atoms with van der Waals surface area (Å²) >= 11 is 0. The van der Waals surface area contributed by atoms with Crippen molar-refractivity contribution >= 4 is 11.7 Å². The lowest BCUT2D eigenvalue weighted by Crippen LogP contribution is -2.25. The van der Waals surface area contributed by atoms with Gasteiger partial charge in [-0.15, -0.1) is 0 Å². The van der Waals surface area contributed by atoms with Crippen molar-refractivity contribution in [2.45, 2.75) is 33.1 Å². The van der Waals surface area contributed by atoms with Gasteiger partial charge in [0.2, 0.25) is 5.91 Å². The molecule has 6 nitrogen and oxygen atoms in total. The molecular formula is C19H18FN5O. The molecule has 1 aliphatic heterocycles. The first kappa shape index (κ1) is 16.4. The molecule has 26 heavy (non-hydrogen) atoms. The van der Waals surface area contributed by atoms with E-state index in [0.717, 1.165) is 28.2 Å². The van der Waals surface area contributed by atoms with Gasteiger partial charge >= 0.3 is 0 Å². The number of aryl methyl sites for hydroxylation is 3. The van der Waals surface area contributed by atoms with E-state index in [2.05, 4.69) is 20.4 Å². The van der Waals surface area contributed by atoms with Crippen LogP contribution in [0.15, 0.2) is 30.3 Å². The summed E-state index contributed by atoms with van der Waals surface area (Å²) < 4.78 is 15.3. The topological polar surface area (TPSA) is 72.7 Å². The molecule has 3 heterocycles. The van der Waals surface area contributed by atoms with Gasteiger partial charge in [-0.3, -0.25) is 4.79 Å². The second kappa shape index (κ2) is 6.01. The first-order valence-electron chi connectivity index (χ1n) is 8.40. The Hall–Kier alpha value is -3.09. The highest BCUT2D eigenvalue weighted by Crippen LogP contribution is 2.39. The third-order valence-electron chi connectivity index (χ3n) is 4.51. The second-order valence-corrected chi connectivity index (χ2v) is 6.57. The second-order valence-electron chi connectivity index (χ2n) is 6.57. The van der Waals surface area contributed by atoms with E-state index in [-0.39, 0.29) is 24.1 Å². The summed E-state index contributed by atoms with van der Waals surface area (Å²) in [5, 5.41) is 7.45. The standard InChI is InChI=1S/C19H18FN5O/c1-10-7-11(2)22-19(21-10)25-18-17(12(3)24-25)15(9-16(26)23-18)13-5-4-6-14(20)8-13/h4-8,15H,9H2,1-3H3,(H,23,26)/t15-/m0/s1. The number of rotatable bonds is 2. The van der Waals surface area contributed by atoms with Gasteiger partial charge in [0.05, 0.1) is 5.69 Å². The maximum atomic E-state index is 13.7. The van der Waals surface area contributed by atoms with Gasteiger partial charge in [0.15, 0.2) is 0 Å². The summed E-state index contributed by atoms with van der Waals surface area (Å²) in [5.41, 5.74) is 4.02. The number of carbonyl (C=O) groups is 1. The summed E-state index contributed by atoms with van der Waals surface area (Å²) in [6.07, 6.45) is 0.247. The van der Waals surface area contributed by atoms with Crippen LogP contribution in [0, 0.1) is 26.6 Å². The first-order chi connectivity index (χ1) is 12.4. The molecule has 3 aromatic rings. The van der Waals surface area contributed by atoms with Crippen LogP contribution in [0.25, 0.3) is 5.95 Å². The summed E-state index contributed by atoms with van der Waals surface area (Å²) in [6, 6.07) is 8.23. The summed E-state index contributed by atoms with van der Waals surface area (Å²) in [4.78, 5) is 21.2. The van der Waals surface area contributed by atoms with Gasteiger partial charge in [0.25, 0.3) is 5.95 Å². The molecule has 1 amide bonds. The lowest BCUT2D eigenvalue weighted by atomic mass is 9.86. The van der Waals surface area contributed by atoms with E-state index in [1.807, 2.05) is 32.9 Å². The van der Waals surface area contributed by atoms with Crippen molar-refractivity contribution in [2.75, 3.05) is 5.32 Å². The predicted octanol–water partition coefficient (Wildman–Crippen LogP) is 3.20. The molecule has 1 aromatic carbocycles. The molecule has 0 saturated carbocycles. The highest BCUT2D eigenvalue weighted by molar-refractivity contribution is 5.95. The summed E-state index contributed by atoms with van der Waals surface area (Å²) in [5.74, 6) is 0.245. The van der Waals surface area contributed by atoms with Gasteiger partial charge in [-0.25, -0.2) is 14.4 Å². The van der Waals surface area contributed by atoms with Crippen molar-refractivity contribution in [3.63, 3.8) is 0 Å². The fraction of sp³-hybridized carbons (Fsp3) is 0.263. The van der Waals surface area contributed by atoms with Crippen molar-refractivity contribution in [3.05, 3.63) is 64.4 Å². The normalized spacial score (nSPS) is 16.3. The number of hydrogen-bond acceptors (Lipinski definition) is 4. The van der Waals surface area contributed by atoms with Crippen LogP contribution in [0.1, 0.15) is 40.5 Å². The van der Waals surface area contributed by atoms with E-state index in [1.165, 1.54) is 12.1 Å². The van der Waals surface area contributed by atoms with Crippen molar-refractivity contribution < 1.29 is 9.18 Å². The number of benzene rings is 1. The summed E-state index contributed by atoms with van der Waals surface area (Å²) in [6.45, 7) is 5.64. The van der Waals surface area contributed by atoms with Crippen molar-refractivity contribution in [1.29, 1.82) is 0 Å². The summed E-state index contributed by atoms with van der Waals surface area (Å²) in [7, 11) is 0. The van der Waals surface area contributed by atoms with E-state index >= 15 is 0 Å². The van der Waals surface area contributed by atoms with Crippen molar-refractivity contribution in [3.8, 4) is 5.95 Å². The number of hydrogen-bond donors (Lipinski definition) is 1. The average Bonchev–Trinajstić information content (AvgIpc) is 2.90. The van der Waals surface area contributed by atoms with E-state index in [1.54, 1.807) is 10.7 Å². The number of fused-ring (bicyclic) bond motifs is 1. The monoisotopic (exact) mass is 351 g/mol. The average molecular weight is 351 g/mol. The molecular weight excluding hydrogens is 333 g/mol. The highest BCUT2D eigenvalue weighted by Gasteiger charge is 2.33. The number of anilines is 1. The lowest BCUT2D eigenvalue weighted by molar-refractivity contribution is -0.116. The van der Waals surface area contributed by atoms with E-state index in [0.29, 0.717) is 11.8 Å². The SMILES string of the molecule is Cc1cc(C)nc(-n2nc(C)c3c2NC(=O)C[C@H]3c2cccc(F)c2)n1. The Balaban J connectivity index is 1.90. The molecule has 0 bridgehead atoms. The smallest absolute Gasteiger partial charge is 0.252 e. The molecule has 7 heteroatoms. The van der Waals surface area contributed by atoms with Crippen molar-refractivity contribution in [1.82, 2.24) is 19.7 Å². The third-order valence-corrected chi connectivity index (χ3v) is 4.51. The zero-order valence-electron chi connectivity index (χ0n) is 14.7. The van der Waals surface area contributed by atoms with Crippen LogP contribution in [0.4, 0.5) is 10.2 Å². The van der Waals surface area contributed by atoms with Crippen molar-refractivity contribution in [2.24, 2.45) is 0 Å². The fourth-order valence-electron chi connectivity index (χ4n) is 3.50. The van der Waals surface area contributed by atoms with Crippen LogP contribution in [0.5, 0.6) is 0 Å². The largest absolute Gasteiger partial charge is 0.310 e. The molecule has 2 aromatic heterocycles. The molecule has 0 aliphatic carbocycles. The number of aromatic nitrogens is 4. The van der Waals surface area contributed by atoms with Crippen LogP contribution in [0.2, 0.25) is 0 Å². The Morgan fingerprint density at radius 3 is 2.58 bits per heavy atom. The number of halogens is 1. The van der Waals surface area contributed by atoms with Gasteiger partial charge in [-0.1, -0.05) is 12.1 Å². The fourth-order valence-corrected chi connectivity index (χ4v) is 3.50.